The number of halogens is 2. The first-order valence-electron chi connectivity index (χ1n) is 15.9. The lowest BCUT2D eigenvalue weighted by atomic mass is 10.0. The molecule has 2 N–H and O–H groups in total. The number of nitrogens with zero attached hydrogens (tertiary/aromatic N) is 7. The number of pyridine rings is 1. The van der Waals surface area contributed by atoms with Crippen molar-refractivity contribution in [2.75, 3.05) is 69.8 Å². The predicted molar refractivity (Wildman–Crippen MR) is 172 cm³/mol. The molecule has 3 aromatic rings. The molecular weight excluding hydrogens is 626 g/mol. The number of amides is 1. The van der Waals surface area contributed by atoms with E-state index in [-0.39, 0.29) is 19.2 Å². The monoisotopic (exact) mass is 664 g/mol. The van der Waals surface area contributed by atoms with Crippen LogP contribution in [-0.4, -0.2) is 120 Å². The third-order valence-electron chi connectivity index (χ3n) is 8.88. The fourth-order valence-corrected chi connectivity index (χ4v) is 5.99. The zero-order chi connectivity index (χ0) is 33.8. The van der Waals surface area contributed by atoms with Crippen LogP contribution >= 0.6 is 0 Å². The minimum atomic E-state index is -3.52. The molecule has 0 bridgehead atoms. The number of rotatable bonds is 10. The first-order valence-corrected chi connectivity index (χ1v) is 15.9. The molecule has 15 heteroatoms. The van der Waals surface area contributed by atoms with Crippen molar-refractivity contribution in [1.82, 2.24) is 24.8 Å². The van der Waals surface area contributed by atoms with Crippen LogP contribution in [0.2, 0.25) is 0 Å². The lowest BCUT2D eigenvalue weighted by Crippen LogP contribution is -2.56. The number of likely N-dealkylation sites (tertiary alicyclic amines) is 1. The van der Waals surface area contributed by atoms with Gasteiger partial charge in [0.25, 0.3) is 11.8 Å². The quantitative estimate of drug-likeness (QED) is 0.328. The van der Waals surface area contributed by atoms with Crippen LogP contribution in [0.5, 0.6) is 11.6 Å². The molecule has 3 saturated heterocycles. The van der Waals surface area contributed by atoms with Gasteiger partial charge in [0.15, 0.2) is 6.10 Å². The van der Waals surface area contributed by atoms with Gasteiger partial charge in [0.05, 0.1) is 37.6 Å². The van der Waals surface area contributed by atoms with Crippen LogP contribution < -0.4 is 19.7 Å². The summed E-state index contributed by atoms with van der Waals surface area (Å²) in [6, 6.07) is 13.4. The normalized spacial score (nSPS) is 18.5. The lowest BCUT2D eigenvalue weighted by Gasteiger charge is -2.43. The van der Waals surface area contributed by atoms with E-state index in [0.717, 1.165) is 45.1 Å². The van der Waals surface area contributed by atoms with Crippen LogP contribution in [0.15, 0.2) is 42.6 Å². The van der Waals surface area contributed by atoms with Crippen molar-refractivity contribution in [1.29, 1.82) is 5.26 Å². The first kappa shape index (κ1) is 33.3. The number of aliphatic hydroxyl groups excluding tert-OH is 1. The summed E-state index contributed by atoms with van der Waals surface area (Å²) in [7, 11) is 1.60. The predicted octanol–water partition coefficient (Wildman–Crippen LogP) is 3.07. The zero-order valence-corrected chi connectivity index (χ0v) is 26.8. The standard InChI is InChI=1S/C33H38F2N8O5/c1-33(34,35)29(44)31(45)43-11-8-24(9-12-43)48-27-5-3-21(17-22(27)18-36)25-7-10-37-32(38-25)40-28-6-4-26(30(39-28)46-2)42-15-13-41(14-16-42)23-19-47-20-23/h3-7,10,17,23-24,29,44H,8-9,11-16,19-20H2,1-2H3,(H,37,38,39,40)/t29-/m0/s1. The minimum Gasteiger partial charge on any atom is -0.489 e. The van der Waals surface area contributed by atoms with E-state index in [1.165, 1.54) is 4.90 Å². The second kappa shape index (κ2) is 14.2. The largest absolute Gasteiger partial charge is 0.489 e. The van der Waals surface area contributed by atoms with Crippen molar-refractivity contribution >= 4 is 23.4 Å². The molecule has 1 aromatic carbocycles. The highest BCUT2D eigenvalue weighted by Gasteiger charge is 2.41. The molecule has 2 aromatic heterocycles. The molecule has 1 atom stereocenters. The van der Waals surface area contributed by atoms with Crippen LogP contribution in [0.3, 0.4) is 0 Å². The maximum Gasteiger partial charge on any atom is 0.279 e. The molecule has 48 heavy (non-hydrogen) atoms. The number of hydrogen-bond donors (Lipinski definition) is 2. The van der Waals surface area contributed by atoms with E-state index in [1.54, 1.807) is 37.6 Å². The van der Waals surface area contributed by atoms with E-state index in [0.29, 0.717) is 66.0 Å². The number of nitrogens with one attached hydrogen (secondary N) is 1. The number of aliphatic hydroxyl groups is 1. The Kier molecular flexibility index (Phi) is 9.86. The van der Waals surface area contributed by atoms with Gasteiger partial charge in [-0.25, -0.2) is 18.7 Å². The van der Waals surface area contributed by atoms with Crippen molar-refractivity contribution in [3.05, 3.63) is 48.2 Å². The van der Waals surface area contributed by atoms with Crippen molar-refractivity contribution in [3.8, 4) is 29.0 Å². The van der Waals surface area contributed by atoms with E-state index in [2.05, 4.69) is 36.1 Å². The Morgan fingerprint density at radius 3 is 2.50 bits per heavy atom. The summed E-state index contributed by atoms with van der Waals surface area (Å²) in [6.45, 7) is 6.09. The van der Waals surface area contributed by atoms with Gasteiger partial charge in [0.1, 0.15) is 29.4 Å². The summed E-state index contributed by atoms with van der Waals surface area (Å²) in [5, 5.41) is 22.7. The van der Waals surface area contributed by atoms with Gasteiger partial charge in [-0.1, -0.05) is 0 Å². The fourth-order valence-electron chi connectivity index (χ4n) is 5.99. The lowest BCUT2D eigenvalue weighted by molar-refractivity contribution is -0.162. The van der Waals surface area contributed by atoms with Gasteiger partial charge in [-0.15, -0.1) is 0 Å². The summed E-state index contributed by atoms with van der Waals surface area (Å²) >= 11 is 0. The number of carbonyl (C=O) groups excluding carboxylic acids is 1. The van der Waals surface area contributed by atoms with Crippen molar-refractivity contribution in [2.24, 2.45) is 0 Å². The Labute approximate surface area is 277 Å². The molecule has 0 unspecified atom stereocenters. The number of hydrogen-bond acceptors (Lipinski definition) is 12. The summed E-state index contributed by atoms with van der Waals surface area (Å²) in [5.74, 6) is -2.82. The molecule has 0 spiro atoms. The smallest absolute Gasteiger partial charge is 0.279 e. The van der Waals surface area contributed by atoms with Crippen molar-refractivity contribution in [2.45, 2.75) is 43.9 Å². The van der Waals surface area contributed by atoms with Gasteiger partial charge in [-0.3, -0.25) is 9.69 Å². The molecule has 1 amide bonds. The van der Waals surface area contributed by atoms with E-state index < -0.39 is 17.9 Å². The first-order chi connectivity index (χ1) is 23.1. The summed E-state index contributed by atoms with van der Waals surface area (Å²) < 4.78 is 43.9. The van der Waals surface area contributed by atoms with Gasteiger partial charge in [0, 0.05) is 70.8 Å². The summed E-state index contributed by atoms with van der Waals surface area (Å²) in [6.07, 6.45) is -0.361. The highest BCUT2D eigenvalue weighted by molar-refractivity contribution is 5.81. The number of alkyl halides is 2. The van der Waals surface area contributed by atoms with Gasteiger partial charge in [-0.2, -0.15) is 10.2 Å². The Morgan fingerprint density at radius 1 is 1.10 bits per heavy atom. The average Bonchev–Trinajstić information content (AvgIpc) is 3.07. The Bertz CT molecular complexity index is 1650. The number of nitriles is 1. The summed E-state index contributed by atoms with van der Waals surface area (Å²) in [4.78, 5) is 31.8. The van der Waals surface area contributed by atoms with Crippen LogP contribution in [0, 0.1) is 11.3 Å². The van der Waals surface area contributed by atoms with Crippen LogP contribution in [0.25, 0.3) is 11.3 Å². The van der Waals surface area contributed by atoms with Gasteiger partial charge in [0.2, 0.25) is 11.8 Å². The zero-order valence-electron chi connectivity index (χ0n) is 26.8. The number of anilines is 3. The molecule has 3 aliphatic heterocycles. The Balaban J connectivity index is 1.08. The molecule has 13 nitrogen and oxygen atoms in total. The Hall–Kier alpha value is -4.65. The van der Waals surface area contributed by atoms with Crippen molar-refractivity contribution in [3.63, 3.8) is 0 Å². The van der Waals surface area contributed by atoms with E-state index >= 15 is 0 Å². The highest BCUT2D eigenvalue weighted by Crippen LogP contribution is 2.32. The fraction of sp³-hybridized carbons (Fsp3) is 0.485. The molecule has 5 heterocycles. The number of carbonyl (C=O) groups is 1. The number of piperazine rings is 1. The molecule has 254 valence electrons. The molecule has 0 radical (unpaired) electrons. The third kappa shape index (κ3) is 7.40. The molecule has 0 saturated carbocycles. The molecular formula is C33H38F2N8O5. The number of piperidine rings is 1. The maximum atomic E-state index is 13.4. The molecule has 0 aliphatic carbocycles. The third-order valence-corrected chi connectivity index (χ3v) is 8.88. The van der Waals surface area contributed by atoms with Crippen molar-refractivity contribution < 1.29 is 32.9 Å². The summed E-state index contributed by atoms with van der Waals surface area (Å²) in [5.41, 5.74) is 2.47. The number of ether oxygens (including phenoxy) is 3. The van der Waals surface area contributed by atoms with Crippen LogP contribution in [0.1, 0.15) is 25.3 Å². The minimum absolute atomic E-state index is 0.157. The second-order valence-electron chi connectivity index (χ2n) is 12.2. The van der Waals surface area contributed by atoms with Gasteiger partial charge >= 0.3 is 0 Å². The van der Waals surface area contributed by atoms with E-state index in [9.17, 15) is 23.9 Å². The van der Waals surface area contributed by atoms with Crippen LogP contribution in [-0.2, 0) is 9.53 Å². The average molecular weight is 665 g/mol. The Morgan fingerprint density at radius 2 is 1.85 bits per heavy atom. The van der Waals surface area contributed by atoms with Gasteiger partial charge < -0.3 is 34.4 Å². The molecule has 3 fully saturated rings. The SMILES string of the molecule is COc1nc(Nc2nccc(-c3ccc(OC4CCN(C(=O)[C@H](O)C(C)(F)F)CC4)c(C#N)c3)n2)ccc1N1CCN(C2COC2)CC1. The molecule has 3 aliphatic rings. The van der Waals surface area contributed by atoms with E-state index in [4.69, 9.17) is 14.2 Å². The topological polar surface area (TPSA) is 149 Å². The number of aromatic nitrogens is 3. The van der Waals surface area contributed by atoms with E-state index in [1.807, 2.05) is 12.1 Å². The molecule has 6 rings (SSSR count). The number of methoxy groups -OCH3 is 1. The highest BCUT2D eigenvalue weighted by atomic mass is 19.3. The maximum absolute atomic E-state index is 13.4. The van der Waals surface area contributed by atoms with Gasteiger partial charge in [-0.05, 0) is 36.4 Å². The van der Waals surface area contributed by atoms with Crippen LogP contribution in [0.4, 0.5) is 26.2 Å². The second-order valence-corrected chi connectivity index (χ2v) is 12.2. The number of benzene rings is 1.